The van der Waals surface area contributed by atoms with Crippen molar-refractivity contribution in [1.29, 1.82) is 0 Å². The van der Waals surface area contributed by atoms with E-state index in [1.807, 2.05) is 36.4 Å². The Kier molecular flexibility index (Phi) is 6.18. The molecule has 2 N–H and O–H groups in total. The summed E-state index contributed by atoms with van der Waals surface area (Å²) in [6.07, 6.45) is 0. The van der Waals surface area contributed by atoms with Gasteiger partial charge in [-0.2, -0.15) is 0 Å². The molecule has 0 radical (unpaired) electrons. The predicted molar refractivity (Wildman–Crippen MR) is 102 cm³/mol. The fourth-order valence-corrected chi connectivity index (χ4v) is 2.59. The van der Waals surface area contributed by atoms with Crippen LogP contribution in [0.15, 0.2) is 72.8 Å². The lowest BCUT2D eigenvalue weighted by Crippen LogP contribution is -2.28. The van der Waals surface area contributed by atoms with Crippen LogP contribution in [0.3, 0.4) is 0 Å². The topological polar surface area (TPSA) is 58.6 Å². The van der Waals surface area contributed by atoms with Crippen LogP contribution in [0.4, 0.5) is 4.39 Å². The van der Waals surface area contributed by atoms with E-state index in [1.54, 1.807) is 24.3 Å². The molecular weight excluding hydrogens is 345 g/mol. The number of rotatable bonds is 7. The summed E-state index contributed by atoms with van der Waals surface area (Å²) in [4.78, 5) is 11.9. The van der Waals surface area contributed by atoms with Crippen LogP contribution in [0.25, 0.3) is 11.1 Å². The van der Waals surface area contributed by atoms with Crippen molar-refractivity contribution < 1.29 is 19.0 Å². The number of amides is 1. The molecule has 0 fully saturated rings. The third-order valence-electron chi connectivity index (χ3n) is 4.07. The van der Waals surface area contributed by atoms with Gasteiger partial charge < -0.3 is 15.2 Å². The van der Waals surface area contributed by atoms with Crippen LogP contribution in [0, 0.1) is 5.82 Å². The lowest BCUT2D eigenvalue weighted by molar-refractivity contribution is -0.123. The van der Waals surface area contributed by atoms with Gasteiger partial charge in [-0.25, -0.2) is 4.39 Å². The molecule has 0 aliphatic rings. The summed E-state index contributed by atoms with van der Waals surface area (Å²) in [6.45, 7) is 0.164. The van der Waals surface area contributed by atoms with Crippen molar-refractivity contribution in [2.75, 3.05) is 6.61 Å². The fourth-order valence-electron chi connectivity index (χ4n) is 2.59. The Hall–Kier alpha value is -3.18. The summed E-state index contributed by atoms with van der Waals surface area (Å²) in [7, 11) is 0. The summed E-state index contributed by atoms with van der Waals surface area (Å²) in [6, 6.07) is 21.2. The molecule has 0 aliphatic heterocycles. The largest absolute Gasteiger partial charge is 0.484 e. The van der Waals surface area contributed by atoms with E-state index in [-0.39, 0.29) is 31.5 Å². The van der Waals surface area contributed by atoms with Crippen LogP contribution in [0.5, 0.6) is 5.75 Å². The average Bonchev–Trinajstić information content (AvgIpc) is 2.71. The van der Waals surface area contributed by atoms with E-state index >= 15 is 0 Å². The smallest absolute Gasteiger partial charge is 0.258 e. The molecule has 27 heavy (non-hydrogen) atoms. The van der Waals surface area contributed by atoms with Crippen molar-refractivity contribution in [2.24, 2.45) is 0 Å². The van der Waals surface area contributed by atoms with Gasteiger partial charge in [0.2, 0.25) is 0 Å². The van der Waals surface area contributed by atoms with Crippen LogP contribution in [-0.2, 0) is 17.9 Å². The third kappa shape index (κ3) is 5.39. The van der Waals surface area contributed by atoms with Gasteiger partial charge in [0.05, 0.1) is 6.61 Å². The molecule has 0 spiro atoms. The molecule has 1 amide bonds. The molecule has 138 valence electrons. The van der Waals surface area contributed by atoms with Gasteiger partial charge in [0.15, 0.2) is 6.61 Å². The summed E-state index contributed by atoms with van der Waals surface area (Å²) >= 11 is 0. The van der Waals surface area contributed by atoms with Crippen LogP contribution in [-0.4, -0.2) is 17.6 Å². The average molecular weight is 365 g/mol. The second-order valence-corrected chi connectivity index (χ2v) is 6.07. The highest BCUT2D eigenvalue weighted by Crippen LogP contribution is 2.22. The Labute approximate surface area is 157 Å². The van der Waals surface area contributed by atoms with E-state index in [9.17, 15) is 9.18 Å². The minimum Gasteiger partial charge on any atom is -0.484 e. The van der Waals surface area contributed by atoms with Crippen molar-refractivity contribution >= 4 is 5.91 Å². The molecule has 0 aliphatic carbocycles. The first-order chi connectivity index (χ1) is 13.1. The molecule has 4 nitrogen and oxygen atoms in total. The van der Waals surface area contributed by atoms with Crippen LogP contribution in [0.2, 0.25) is 0 Å². The Bertz CT molecular complexity index is 892. The van der Waals surface area contributed by atoms with E-state index in [2.05, 4.69) is 5.32 Å². The molecule has 3 rings (SSSR count). The molecular formula is C22H20FNO3. The van der Waals surface area contributed by atoms with Crippen molar-refractivity contribution in [1.82, 2.24) is 5.32 Å². The van der Waals surface area contributed by atoms with E-state index in [4.69, 9.17) is 9.84 Å². The number of carbonyl (C=O) groups is 1. The first kappa shape index (κ1) is 18.6. The second-order valence-electron chi connectivity index (χ2n) is 6.07. The summed E-state index contributed by atoms with van der Waals surface area (Å²) in [5, 5.41) is 11.8. The molecule has 3 aromatic carbocycles. The highest BCUT2D eigenvalue weighted by molar-refractivity contribution is 5.77. The summed E-state index contributed by atoms with van der Waals surface area (Å²) < 4.78 is 18.6. The molecule has 0 saturated heterocycles. The summed E-state index contributed by atoms with van der Waals surface area (Å²) in [5.74, 6) is -0.0151. The molecule has 0 atom stereocenters. The molecule has 5 heteroatoms. The van der Waals surface area contributed by atoms with Crippen molar-refractivity contribution in [2.45, 2.75) is 13.2 Å². The van der Waals surface area contributed by atoms with E-state index in [0.29, 0.717) is 11.3 Å². The van der Waals surface area contributed by atoms with Crippen LogP contribution < -0.4 is 10.1 Å². The van der Waals surface area contributed by atoms with Gasteiger partial charge in [0.25, 0.3) is 5.91 Å². The van der Waals surface area contributed by atoms with E-state index < -0.39 is 0 Å². The summed E-state index contributed by atoms with van der Waals surface area (Å²) in [5.41, 5.74) is 3.61. The van der Waals surface area contributed by atoms with E-state index in [0.717, 1.165) is 16.7 Å². The maximum Gasteiger partial charge on any atom is 0.258 e. The number of benzene rings is 3. The Morgan fingerprint density at radius 2 is 1.59 bits per heavy atom. The van der Waals surface area contributed by atoms with Crippen LogP contribution >= 0.6 is 0 Å². The van der Waals surface area contributed by atoms with Crippen molar-refractivity contribution in [3.8, 4) is 16.9 Å². The van der Waals surface area contributed by atoms with Crippen molar-refractivity contribution in [3.63, 3.8) is 0 Å². The van der Waals surface area contributed by atoms with Gasteiger partial charge in [0.1, 0.15) is 11.6 Å². The number of carbonyl (C=O) groups excluding carboxylic acids is 1. The van der Waals surface area contributed by atoms with Crippen LogP contribution in [0.1, 0.15) is 11.1 Å². The number of aliphatic hydroxyl groups excluding tert-OH is 1. The van der Waals surface area contributed by atoms with Crippen molar-refractivity contribution in [3.05, 3.63) is 89.7 Å². The van der Waals surface area contributed by atoms with E-state index in [1.165, 1.54) is 12.1 Å². The molecule has 0 unspecified atom stereocenters. The maximum absolute atomic E-state index is 13.1. The monoisotopic (exact) mass is 365 g/mol. The number of nitrogens with one attached hydrogen (secondary N) is 1. The zero-order valence-electron chi connectivity index (χ0n) is 14.7. The fraction of sp³-hybridized carbons (Fsp3) is 0.136. The third-order valence-corrected chi connectivity index (χ3v) is 4.07. The minimum absolute atomic E-state index is 0.0222. The molecule has 0 aromatic heterocycles. The second kappa shape index (κ2) is 8.96. The Balaban J connectivity index is 1.49. The highest BCUT2D eigenvalue weighted by Gasteiger charge is 2.04. The molecule has 0 bridgehead atoms. The normalized spacial score (nSPS) is 10.4. The maximum atomic E-state index is 13.1. The van der Waals surface area contributed by atoms with Gasteiger partial charge >= 0.3 is 0 Å². The first-order valence-electron chi connectivity index (χ1n) is 8.58. The molecule has 0 heterocycles. The quantitative estimate of drug-likeness (QED) is 0.672. The first-order valence-corrected chi connectivity index (χ1v) is 8.58. The number of ether oxygens (including phenoxy) is 1. The number of halogens is 1. The standard InChI is InChI=1S/C22H20FNO3/c23-20-3-1-2-17(12-20)13-24-22(26)15-27-21-10-8-19(9-11-21)18-6-4-16(14-25)5-7-18/h1-12,25H,13-15H2,(H,24,26). The molecule has 0 saturated carbocycles. The predicted octanol–water partition coefficient (Wildman–Crippen LogP) is 3.68. The number of aliphatic hydroxyl groups is 1. The Morgan fingerprint density at radius 3 is 2.22 bits per heavy atom. The number of hydrogen-bond acceptors (Lipinski definition) is 3. The lowest BCUT2D eigenvalue weighted by atomic mass is 10.0. The zero-order valence-corrected chi connectivity index (χ0v) is 14.7. The van der Waals surface area contributed by atoms with Gasteiger partial charge in [-0.3, -0.25) is 4.79 Å². The van der Waals surface area contributed by atoms with Gasteiger partial charge in [-0.05, 0) is 46.5 Å². The minimum atomic E-state index is -0.330. The van der Waals surface area contributed by atoms with Gasteiger partial charge in [-0.15, -0.1) is 0 Å². The highest BCUT2D eigenvalue weighted by atomic mass is 19.1. The SMILES string of the molecule is O=C(COc1ccc(-c2ccc(CO)cc2)cc1)NCc1cccc(F)c1. The molecule has 3 aromatic rings. The van der Waals surface area contributed by atoms with Gasteiger partial charge in [-0.1, -0.05) is 48.5 Å². The Morgan fingerprint density at radius 1 is 0.926 bits per heavy atom. The lowest BCUT2D eigenvalue weighted by Gasteiger charge is -2.09. The van der Waals surface area contributed by atoms with Gasteiger partial charge in [0, 0.05) is 6.54 Å². The number of hydrogen-bond donors (Lipinski definition) is 2. The zero-order chi connectivity index (χ0) is 19.1.